The predicted octanol–water partition coefficient (Wildman–Crippen LogP) is 4.47. The van der Waals surface area contributed by atoms with Crippen LogP contribution in [0, 0.1) is 11.3 Å². The number of rotatable bonds is 2. The van der Waals surface area contributed by atoms with E-state index in [4.69, 9.17) is 0 Å². The van der Waals surface area contributed by atoms with Gasteiger partial charge in [-0.3, -0.25) is 0 Å². The third-order valence-electron chi connectivity index (χ3n) is 2.42. The summed E-state index contributed by atoms with van der Waals surface area (Å²) >= 11 is 3.51. The Kier molecular flexibility index (Phi) is 3.74. The molecule has 2 rings (SSSR count). The van der Waals surface area contributed by atoms with E-state index in [1.807, 2.05) is 60.7 Å². The molecule has 82 valence electrons. The summed E-state index contributed by atoms with van der Waals surface area (Å²) in [5.41, 5.74) is 2.58. The van der Waals surface area contributed by atoms with Crippen LogP contribution in [0.1, 0.15) is 11.1 Å². The summed E-state index contributed by atoms with van der Waals surface area (Å²) in [4.78, 5) is 0. The van der Waals surface area contributed by atoms with Gasteiger partial charge in [-0.2, -0.15) is 5.26 Å². The average molecular weight is 284 g/mol. The summed E-state index contributed by atoms with van der Waals surface area (Å²) in [6.45, 7) is 0. The number of hydrogen-bond acceptors (Lipinski definition) is 1. The standard InChI is InChI=1S/C15H10BrN/c16-15(13-9-5-2-6-10-13)14(11-17)12-7-3-1-4-8-12/h1-10H/b15-14+. The van der Waals surface area contributed by atoms with Crippen LogP contribution in [0.5, 0.6) is 0 Å². The number of nitrogens with zero attached hydrogens (tertiary/aromatic N) is 1. The van der Waals surface area contributed by atoms with Gasteiger partial charge in [-0.15, -0.1) is 0 Å². The average Bonchev–Trinajstić information content (AvgIpc) is 2.42. The molecule has 0 fully saturated rings. The minimum absolute atomic E-state index is 0.650. The molecule has 0 aromatic heterocycles. The Morgan fingerprint density at radius 2 is 1.29 bits per heavy atom. The van der Waals surface area contributed by atoms with Crippen molar-refractivity contribution >= 4 is 26.0 Å². The molecule has 0 aliphatic carbocycles. The Hall–Kier alpha value is -1.85. The van der Waals surface area contributed by atoms with Crippen molar-refractivity contribution in [2.75, 3.05) is 0 Å². The van der Waals surface area contributed by atoms with Gasteiger partial charge in [-0.25, -0.2) is 0 Å². The van der Waals surface area contributed by atoms with Crippen molar-refractivity contribution < 1.29 is 0 Å². The summed E-state index contributed by atoms with van der Waals surface area (Å²) in [5.74, 6) is 0. The molecule has 0 amide bonds. The molecular formula is C15H10BrN. The van der Waals surface area contributed by atoms with E-state index in [0.717, 1.165) is 15.6 Å². The quantitative estimate of drug-likeness (QED) is 0.589. The number of benzene rings is 2. The first kappa shape index (κ1) is 11.6. The lowest BCUT2D eigenvalue weighted by Crippen LogP contribution is -1.85. The molecule has 0 atom stereocenters. The first-order chi connectivity index (χ1) is 8.33. The summed E-state index contributed by atoms with van der Waals surface area (Å²) in [5, 5.41) is 9.27. The second-order valence-electron chi connectivity index (χ2n) is 3.53. The van der Waals surface area contributed by atoms with Crippen LogP contribution in [0.3, 0.4) is 0 Å². The van der Waals surface area contributed by atoms with Crippen molar-refractivity contribution in [3.63, 3.8) is 0 Å². The van der Waals surface area contributed by atoms with Gasteiger partial charge in [0.15, 0.2) is 0 Å². The van der Waals surface area contributed by atoms with Gasteiger partial charge in [0.25, 0.3) is 0 Å². The first-order valence-corrected chi connectivity index (χ1v) is 6.03. The Labute approximate surface area is 109 Å². The van der Waals surface area contributed by atoms with E-state index in [1.165, 1.54) is 0 Å². The molecule has 0 N–H and O–H groups in total. The van der Waals surface area contributed by atoms with E-state index in [0.29, 0.717) is 5.57 Å². The van der Waals surface area contributed by atoms with Crippen LogP contribution >= 0.6 is 15.9 Å². The van der Waals surface area contributed by atoms with Crippen LogP contribution in [0.15, 0.2) is 60.7 Å². The van der Waals surface area contributed by atoms with Crippen molar-refractivity contribution in [2.45, 2.75) is 0 Å². The lowest BCUT2D eigenvalue weighted by atomic mass is 10.0. The number of halogens is 1. The molecule has 0 aliphatic heterocycles. The van der Waals surface area contributed by atoms with Crippen molar-refractivity contribution in [3.8, 4) is 6.07 Å². The first-order valence-electron chi connectivity index (χ1n) is 5.23. The fourth-order valence-corrected chi connectivity index (χ4v) is 2.16. The highest BCUT2D eigenvalue weighted by Crippen LogP contribution is 2.30. The molecule has 0 bridgehead atoms. The number of allylic oxidation sites excluding steroid dienone is 1. The zero-order valence-corrected chi connectivity index (χ0v) is 10.7. The largest absolute Gasteiger partial charge is 0.192 e. The summed E-state index contributed by atoms with van der Waals surface area (Å²) < 4.78 is 0.826. The van der Waals surface area contributed by atoms with Gasteiger partial charge in [-0.05, 0) is 27.1 Å². The highest BCUT2D eigenvalue weighted by molar-refractivity contribution is 9.15. The molecule has 2 heteroatoms. The maximum absolute atomic E-state index is 9.27. The van der Waals surface area contributed by atoms with Crippen molar-refractivity contribution in [1.29, 1.82) is 5.26 Å². The maximum atomic E-state index is 9.27. The van der Waals surface area contributed by atoms with Gasteiger partial charge in [0.2, 0.25) is 0 Å². The molecule has 0 aliphatic rings. The maximum Gasteiger partial charge on any atom is 0.101 e. The van der Waals surface area contributed by atoms with Gasteiger partial charge in [0.1, 0.15) is 6.07 Å². The molecule has 0 unspecified atom stereocenters. The number of hydrogen-bond donors (Lipinski definition) is 0. The zero-order valence-electron chi connectivity index (χ0n) is 9.10. The minimum atomic E-state index is 0.650. The van der Waals surface area contributed by atoms with Crippen LogP contribution in [0.2, 0.25) is 0 Å². The van der Waals surface area contributed by atoms with Crippen LogP contribution < -0.4 is 0 Å². The van der Waals surface area contributed by atoms with Crippen LogP contribution in [-0.4, -0.2) is 0 Å². The highest BCUT2D eigenvalue weighted by atomic mass is 79.9. The fraction of sp³-hybridized carbons (Fsp3) is 0. The van der Waals surface area contributed by atoms with E-state index < -0.39 is 0 Å². The molecule has 2 aromatic carbocycles. The Morgan fingerprint density at radius 1 is 0.824 bits per heavy atom. The third kappa shape index (κ3) is 2.64. The van der Waals surface area contributed by atoms with Crippen LogP contribution in [0.4, 0.5) is 0 Å². The van der Waals surface area contributed by atoms with Gasteiger partial charge >= 0.3 is 0 Å². The lowest BCUT2D eigenvalue weighted by Gasteiger charge is -2.04. The number of nitriles is 1. The van der Waals surface area contributed by atoms with E-state index in [9.17, 15) is 5.26 Å². The van der Waals surface area contributed by atoms with E-state index in [-0.39, 0.29) is 0 Å². The second-order valence-corrected chi connectivity index (χ2v) is 4.33. The predicted molar refractivity (Wildman–Crippen MR) is 74.2 cm³/mol. The summed E-state index contributed by atoms with van der Waals surface area (Å²) in [6, 6.07) is 21.7. The summed E-state index contributed by atoms with van der Waals surface area (Å²) in [7, 11) is 0. The molecule has 0 saturated carbocycles. The molecule has 0 radical (unpaired) electrons. The van der Waals surface area contributed by atoms with E-state index in [2.05, 4.69) is 22.0 Å². The van der Waals surface area contributed by atoms with E-state index in [1.54, 1.807) is 0 Å². The zero-order chi connectivity index (χ0) is 12.1. The van der Waals surface area contributed by atoms with Crippen molar-refractivity contribution in [2.24, 2.45) is 0 Å². The van der Waals surface area contributed by atoms with Crippen LogP contribution in [0.25, 0.3) is 10.1 Å². The monoisotopic (exact) mass is 283 g/mol. The molecule has 2 aromatic rings. The molecule has 0 heterocycles. The van der Waals surface area contributed by atoms with Gasteiger partial charge < -0.3 is 0 Å². The Balaban J connectivity index is 2.53. The van der Waals surface area contributed by atoms with Crippen molar-refractivity contribution in [3.05, 3.63) is 71.8 Å². The second kappa shape index (κ2) is 5.47. The Morgan fingerprint density at radius 3 is 1.76 bits per heavy atom. The third-order valence-corrected chi connectivity index (χ3v) is 3.28. The molecule has 0 spiro atoms. The van der Waals surface area contributed by atoms with E-state index >= 15 is 0 Å². The molecule has 1 nitrogen and oxygen atoms in total. The topological polar surface area (TPSA) is 23.8 Å². The Bertz CT molecular complexity index is 565. The summed E-state index contributed by atoms with van der Waals surface area (Å²) in [6.07, 6.45) is 0. The van der Waals surface area contributed by atoms with Gasteiger partial charge in [0.05, 0.1) is 5.57 Å². The SMILES string of the molecule is N#C/C(=C(\Br)c1ccccc1)c1ccccc1. The minimum Gasteiger partial charge on any atom is -0.192 e. The van der Waals surface area contributed by atoms with Gasteiger partial charge in [-0.1, -0.05) is 60.7 Å². The highest BCUT2D eigenvalue weighted by Gasteiger charge is 2.07. The van der Waals surface area contributed by atoms with Crippen molar-refractivity contribution in [1.82, 2.24) is 0 Å². The fourth-order valence-electron chi connectivity index (χ4n) is 1.57. The molecule has 17 heavy (non-hydrogen) atoms. The normalized spacial score (nSPS) is 11.5. The van der Waals surface area contributed by atoms with Crippen LogP contribution in [-0.2, 0) is 0 Å². The smallest absolute Gasteiger partial charge is 0.101 e. The lowest BCUT2D eigenvalue weighted by molar-refractivity contribution is 1.52. The van der Waals surface area contributed by atoms with Gasteiger partial charge in [0, 0.05) is 4.48 Å². The molecular weight excluding hydrogens is 274 g/mol. The molecule has 0 saturated heterocycles.